The van der Waals surface area contributed by atoms with E-state index >= 15 is 0 Å². The fraction of sp³-hybridized carbons (Fsp3) is 0.353. The minimum absolute atomic E-state index is 0.0356. The van der Waals surface area contributed by atoms with Gasteiger partial charge in [0.15, 0.2) is 5.57 Å². The van der Waals surface area contributed by atoms with Crippen LogP contribution < -0.4 is 10.6 Å². The zero-order valence-electron chi connectivity index (χ0n) is 14.5. The minimum Gasteiger partial charge on any atom is -0.419 e. The van der Waals surface area contributed by atoms with Gasteiger partial charge in [-0.1, -0.05) is 0 Å². The van der Waals surface area contributed by atoms with Crippen LogP contribution in [0.3, 0.4) is 0 Å². The monoisotopic (exact) mass is 348 g/mol. The van der Waals surface area contributed by atoms with Crippen molar-refractivity contribution in [3.63, 3.8) is 0 Å². The molecule has 1 saturated heterocycles. The van der Waals surface area contributed by atoms with E-state index in [4.69, 9.17) is 14.2 Å². The Labute approximate surface area is 145 Å². The topological polar surface area (TPSA) is 103 Å². The molecule has 0 aliphatic carbocycles. The van der Waals surface area contributed by atoms with E-state index in [9.17, 15) is 14.4 Å². The lowest BCUT2D eigenvalue weighted by molar-refractivity contribution is -0.222. The van der Waals surface area contributed by atoms with Crippen molar-refractivity contribution in [1.29, 1.82) is 0 Å². The van der Waals surface area contributed by atoms with Crippen molar-refractivity contribution >= 4 is 29.2 Å². The van der Waals surface area contributed by atoms with Gasteiger partial charge in [0.2, 0.25) is 5.91 Å². The molecule has 1 aliphatic heterocycles. The molecule has 0 unspecified atom stereocenters. The number of benzene rings is 1. The number of anilines is 2. The highest BCUT2D eigenvalue weighted by Crippen LogP contribution is 2.24. The summed E-state index contributed by atoms with van der Waals surface area (Å²) in [6, 6.07) is 5.14. The van der Waals surface area contributed by atoms with Gasteiger partial charge in [-0.3, -0.25) is 4.79 Å². The summed E-state index contributed by atoms with van der Waals surface area (Å²) in [6.07, 6.45) is 1.23. The number of aryl methyl sites for hydroxylation is 1. The summed E-state index contributed by atoms with van der Waals surface area (Å²) < 4.78 is 14.8. The summed E-state index contributed by atoms with van der Waals surface area (Å²) in [5, 5.41) is 5.56. The van der Waals surface area contributed by atoms with Crippen LogP contribution in [0.2, 0.25) is 0 Å². The second-order valence-electron chi connectivity index (χ2n) is 5.89. The average molecular weight is 348 g/mol. The van der Waals surface area contributed by atoms with Gasteiger partial charge in [0.05, 0.1) is 0 Å². The number of carbonyl (C=O) groups excluding carboxylic acids is 3. The van der Waals surface area contributed by atoms with Gasteiger partial charge in [0.1, 0.15) is 6.61 Å². The minimum atomic E-state index is -1.27. The fourth-order valence-electron chi connectivity index (χ4n) is 2.15. The second-order valence-corrected chi connectivity index (χ2v) is 5.89. The van der Waals surface area contributed by atoms with Crippen molar-refractivity contribution in [3.05, 3.63) is 35.5 Å². The van der Waals surface area contributed by atoms with Gasteiger partial charge in [0.25, 0.3) is 5.79 Å². The van der Waals surface area contributed by atoms with Crippen molar-refractivity contribution in [2.24, 2.45) is 0 Å². The lowest BCUT2D eigenvalue weighted by atomic mass is 10.1. The van der Waals surface area contributed by atoms with Gasteiger partial charge in [-0.15, -0.1) is 0 Å². The maximum Gasteiger partial charge on any atom is 0.350 e. The molecule has 1 aromatic carbocycles. The van der Waals surface area contributed by atoms with Crippen LogP contribution in [0.25, 0.3) is 0 Å². The smallest absolute Gasteiger partial charge is 0.350 e. The van der Waals surface area contributed by atoms with E-state index in [1.807, 2.05) is 6.92 Å². The van der Waals surface area contributed by atoms with Gasteiger partial charge in [-0.2, -0.15) is 0 Å². The summed E-state index contributed by atoms with van der Waals surface area (Å²) in [4.78, 5) is 35.3. The molecule has 1 amide bonds. The molecule has 134 valence electrons. The van der Waals surface area contributed by atoms with E-state index < -0.39 is 17.7 Å². The first-order chi connectivity index (χ1) is 11.7. The number of esters is 2. The Kier molecular flexibility index (Phi) is 5.43. The zero-order chi connectivity index (χ0) is 18.6. The Hall–Kier alpha value is -2.87. The maximum atomic E-state index is 11.9. The third-order valence-corrected chi connectivity index (χ3v) is 3.28. The first-order valence-corrected chi connectivity index (χ1v) is 7.54. The number of rotatable bonds is 5. The molecule has 0 saturated carbocycles. The van der Waals surface area contributed by atoms with E-state index in [2.05, 4.69) is 10.6 Å². The fourth-order valence-corrected chi connectivity index (χ4v) is 2.15. The van der Waals surface area contributed by atoms with Gasteiger partial charge in [-0.05, 0) is 30.7 Å². The number of methoxy groups -OCH3 is 1. The standard InChI is InChI=1S/C17H20N2O6/c1-10-7-11(5-6-13(10)19-14(20)9-23-4)18-8-12-15(21)24-17(2,3)25-16(12)22/h5-8,18H,9H2,1-4H3,(H,19,20). The predicted molar refractivity (Wildman–Crippen MR) is 89.7 cm³/mol. The highest BCUT2D eigenvalue weighted by Gasteiger charge is 2.38. The van der Waals surface area contributed by atoms with Crippen LogP contribution in [0.1, 0.15) is 19.4 Å². The van der Waals surface area contributed by atoms with Crippen molar-refractivity contribution in [2.45, 2.75) is 26.6 Å². The highest BCUT2D eigenvalue weighted by molar-refractivity contribution is 6.15. The molecule has 0 spiro atoms. The van der Waals surface area contributed by atoms with E-state index in [1.54, 1.807) is 18.2 Å². The summed E-state index contributed by atoms with van der Waals surface area (Å²) in [5.41, 5.74) is 1.83. The molecule has 1 heterocycles. The highest BCUT2D eigenvalue weighted by atomic mass is 16.7. The Balaban J connectivity index is 2.08. The number of amides is 1. The normalized spacial score (nSPS) is 15.9. The number of ether oxygens (including phenoxy) is 3. The van der Waals surface area contributed by atoms with Crippen LogP contribution in [0.4, 0.5) is 11.4 Å². The third-order valence-electron chi connectivity index (χ3n) is 3.28. The van der Waals surface area contributed by atoms with E-state index in [0.29, 0.717) is 11.4 Å². The van der Waals surface area contributed by atoms with Gasteiger partial charge >= 0.3 is 11.9 Å². The number of carbonyl (C=O) groups is 3. The molecule has 8 heteroatoms. The van der Waals surface area contributed by atoms with Crippen molar-refractivity contribution in [1.82, 2.24) is 0 Å². The molecule has 1 fully saturated rings. The molecular formula is C17H20N2O6. The quantitative estimate of drug-likeness (QED) is 0.474. The summed E-state index contributed by atoms with van der Waals surface area (Å²) >= 11 is 0. The molecule has 1 aliphatic rings. The first-order valence-electron chi connectivity index (χ1n) is 7.54. The molecule has 0 aromatic heterocycles. The van der Waals surface area contributed by atoms with Crippen LogP contribution in [0, 0.1) is 6.92 Å². The third kappa shape index (κ3) is 4.80. The maximum absolute atomic E-state index is 11.9. The molecule has 0 radical (unpaired) electrons. The van der Waals surface area contributed by atoms with Crippen molar-refractivity contribution in [2.75, 3.05) is 24.4 Å². The SMILES string of the molecule is COCC(=O)Nc1ccc(NC=C2C(=O)OC(C)(C)OC2=O)cc1C. The zero-order valence-corrected chi connectivity index (χ0v) is 14.5. The van der Waals surface area contributed by atoms with Crippen LogP contribution in [0.5, 0.6) is 0 Å². The summed E-state index contributed by atoms with van der Waals surface area (Å²) in [5.74, 6) is -3.05. The summed E-state index contributed by atoms with van der Waals surface area (Å²) in [7, 11) is 1.44. The molecule has 1 aromatic rings. The molecule has 8 nitrogen and oxygen atoms in total. The van der Waals surface area contributed by atoms with Crippen LogP contribution >= 0.6 is 0 Å². The molecule has 0 atom stereocenters. The lowest BCUT2D eigenvalue weighted by Crippen LogP contribution is -2.42. The largest absolute Gasteiger partial charge is 0.419 e. The molecule has 25 heavy (non-hydrogen) atoms. The average Bonchev–Trinajstić information content (AvgIpc) is 2.48. The number of hydrogen-bond acceptors (Lipinski definition) is 7. The van der Waals surface area contributed by atoms with Crippen molar-refractivity contribution < 1.29 is 28.6 Å². The van der Waals surface area contributed by atoms with Crippen LogP contribution in [0.15, 0.2) is 30.0 Å². The Morgan fingerprint density at radius 2 is 1.88 bits per heavy atom. The molecule has 0 bridgehead atoms. The van der Waals surface area contributed by atoms with E-state index in [0.717, 1.165) is 5.56 Å². The van der Waals surface area contributed by atoms with Crippen molar-refractivity contribution in [3.8, 4) is 0 Å². The van der Waals surface area contributed by atoms with Gasteiger partial charge in [-0.25, -0.2) is 9.59 Å². The molecule has 2 N–H and O–H groups in total. The Morgan fingerprint density at radius 3 is 2.44 bits per heavy atom. The number of nitrogens with one attached hydrogen (secondary N) is 2. The lowest BCUT2D eigenvalue weighted by Gasteiger charge is -2.29. The van der Waals surface area contributed by atoms with Gasteiger partial charge < -0.3 is 24.8 Å². The molecule has 2 rings (SSSR count). The van der Waals surface area contributed by atoms with Crippen LogP contribution in [-0.2, 0) is 28.6 Å². The van der Waals surface area contributed by atoms with Crippen LogP contribution in [-0.4, -0.2) is 37.3 Å². The number of cyclic esters (lactones) is 2. The Morgan fingerprint density at radius 1 is 1.24 bits per heavy atom. The summed E-state index contributed by atoms with van der Waals surface area (Å²) in [6.45, 7) is 4.73. The first kappa shape index (κ1) is 18.5. The predicted octanol–water partition coefficient (Wildman–Crippen LogP) is 1.71. The second kappa shape index (κ2) is 7.35. The number of hydrogen-bond donors (Lipinski definition) is 2. The van der Waals surface area contributed by atoms with Gasteiger partial charge in [0, 0.05) is 38.5 Å². The molecular weight excluding hydrogens is 328 g/mol. The van der Waals surface area contributed by atoms with E-state index in [1.165, 1.54) is 27.2 Å². The Bertz CT molecular complexity index is 717. The van der Waals surface area contributed by atoms with E-state index in [-0.39, 0.29) is 18.1 Å².